The summed E-state index contributed by atoms with van der Waals surface area (Å²) in [7, 11) is 1.62. The summed E-state index contributed by atoms with van der Waals surface area (Å²) in [5.74, 6) is 1.47. The maximum atomic E-state index is 12.8. The van der Waals surface area contributed by atoms with E-state index in [1.165, 1.54) is 0 Å². The molecule has 0 aliphatic carbocycles. The molecule has 1 aliphatic heterocycles. The van der Waals surface area contributed by atoms with Gasteiger partial charge >= 0.3 is 0 Å². The van der Waals surface area contributed by atoms with Crippen LogP contribution in [-0.4, -0.2) is 49.1 Å². The van der Waals surface area contributed by atoms with Gasteiger partial charge < -0.3 is 14.5 Å². The smallest absolute Gasteiger partial charge is 0.254 e. The van der Waals surface area contributed by atoms with Gasteiger partial charge in [0.25, 0.3) is 5.91 Å². The van der Waals surface area contributed by atoms with Crippen LogP contribution in [0.2, 0.25) is 0 Å². The first-order valence-corrected chi connectivity index (χ1v) is 9.59. The SMILES string of the molecule is COc1ccc2nc(N3CCN(C(=O)c4ccccc4C)CC3)c(C#N)cc2c1. The van der Waals surface area contributed by atoms with E-state index >= 15 is 0 Å². The lowest BCUT2D eigenvalue weighted by atomic mass is 10.1. The minimum absolute atomic E-state index is 0.0572. The highest BCUT2D eigenvalue weighted by Gasteiger charge is 2.25. The molecule has 0 N–H and O–H groups in total. The first-order valence-electron chi connectivity index (χ1n) is 9.59. The normalized spacial score (nSPS) is 14.0. The Morgan fingerprint density at radius 1 is 1.10 bits per heavy atom. The standard InChI is InChI=1S/C23H22N4O2/c1-16-5-3-4-6-20(16)23(28)27-11-9-26(10-12-27)22-18(15-24)13-17-14-19(29-2)7-8-21(17)25-22/h3-8,13-14H,9-12H2,1-2H3. The van der Waals surface area contributed by atoms with Crippen LogP contribution in [0.25, 0.3) is 10.9 Å². The lowest BCUT2D eigenvalue weighted by Gasteiger charge is -2.36. The molecule has 1 aliphatic rings. The van der Waals surface area contributed by atoms with Crippen LogP contribution in [0.1, 0.15) is 21.5 Å². The molecule has 3 aromatic rings. The molecule has 1 fully saturated rings. The number of methoxy groups -OCH3 is 1. The number of benzene rings is 2. The van der Waals surface area contributed by atoms with Gasteiger partial charge in [-0.15, -0.1) is 0 Å². The number of nitrogens with zero attached hydrogens (tertiary/aromatic N) is 4. The van der Waals surface area contributed by atoms with Crippen molar-refractivity contribution in [3.63, 3.8) is 0 Å². The number of hydrogen-bond donors (Lipinski definition) is 0. The van der Waals surface area contributed by atoms with E-state index in [1.54, 1.807) is 7.11 Å². The average molecular weight is 386 g/mol. The third-order valence-electron chi connectivity index (χ3n) is 5.36. The molecule has 1 amide bonds. The molecule has 6 heteroatoms. The third-order valence-corrected chi connectivity index (χ3v) is 5.36. The van der Waals surface area contributed by atoms with Crippen molar-refractivity contribution in [3.8, 4) is 11.8 Å². The zero-order valence-corrected chi connectivity index (χ0v) is 16.6. The first-order chi connectivity index (χ1) is 14.1. The fourth-order valence-electron chi connectivity index (χ4n) is 3.70. The summed E-state index contributed by atoms with van der Waals surface area (Å²) in [6.45, 7) is 4.43. The average Bonchev–Trinajstić information content (AvgIpc) is 2.77. The monoisotopic (exact) mass is 386 g/mol. The van der Waals surface area contributed by atoms with E-state index < -0.39 is 0 Å². The number of carbonyl (C=O) groups excluding carboxylic acids is 1. The molecule has 1 saturated heterocycles. The number of ether oxygens (including phenoxy) is 1. The Kier molecular flexibility index (Phi) is 5.05. The van der Waals surface area contributed by atoms with Crippen LogP contribution in [-0.2, 0) is 0 Å². The van der Waals surface area contributed by atoms with Crippen LogP contribution in [0.3, 0.4) is 0 Å². The predicted molar refractivity (Wildman–Crippen MR) is 112 cm³/mol. The van der Waals surface area contributed by atoms with E-state index in [-0.39, 0.29) is 5.91 Å². The molecule has 0 unspecified atom stereocenters. The summed E-state index contributed by atoms with van der Waals surface area (Å²) < 4.78 is 5.26. The van der Waals surface area contributed by atoms with Crippen molar-refractivity contribution >= 4 is 22.6 Å². The van der Waals surface area contributed by atoms with Crippen molar-refractivity contribution in [2.45, 2.75) is 6.92 Å². The molecular formula is C23H22N4O2. The minimum Gasteiger partial charge on any atom is -0.497 e. The zero-order valence-electron chi connectivity index (χ0n) is 16.6. The Morgan fingerprint density at radius 3 is 2.55 bits per heavy atom. The van der Waals surface area contributed by atoms with E-state index in [9.17, 15) is 10.1 Å². The van der Waals surface area contributed by atoms with Crippen LogP contribution < -0.4 is 9.64 Å². The molecule has 0 saturated carbocycles. The summed E-state index contributed by atoms with van der Waals surface area (Å²) in [5.41, 5.74) is 3.08. The van der Waals surface area contributed by atoms with Gasteiger partial charge in [0, 0.05) is 37.1 Å². The molecule has 0 bridgehead atoms. The number of hydrogen-bond acceptors (Lipinski definition) is 5. The number of fused-ring (bicyclic) bond motifs is 1. The Balaban J connectivity index is 1.55. The minimum atomic E-state index is 0.0572. The lowest BCUT2D eigenvalue weighted by Crippen LogP contribution is -2.49. The topological polar surface area (TPSA) is 69.5 Å². The molecule has 146 valence electrons. The summed E-state index contributed by atoms with van der Waals surface area (Å²) in [4.78, 5) is 21.5. The van der Waals surface area contributed by atoms with Crippen LogP contribution in [0.15, 0.2) is 48.5 Å². The third kappa shape index (κ3) is 3.59. The molecule has 0 atom stereocenters. The molecule has 4 rings (SSSR count). The Bertz CT molecular complexity index is 1110. The fourth-order valence-corrected chi connectivity index (χ4v) is 3.70. The molecule has 29 heavy (non-hydrogen) atoms. The van der Waals surface area contributed by atoms with E-state index in [2.05, 4.69) is 11.0 Å². The number of carbonyl (C=O) groups is 1. The maximum absolute atomic E-state index is 12.8. The van der Waals surface area contributed by atoms with Crippen LogP contribution in [0, 0.1) is 18.3 Å². The summed E-state index contributed by atoms with van der Waals surface area (Å²) >= 11 is 0. The van der Waals surface area contributed by atoms with Gasteiger partial charge in [0.15, 0.2) is 0 Å². The van der Waals surface area contributed by atoms with Crippen molar-refractivity contribution in [2.24, 2.45) is 0 Å². The van der Waals surface area contributed by atoms with Crippen molar-refractivity contribution in [3.05, 3.63) is 65.2 Å². The van der Waals surface area contributed by atoms with Crippen molar-refractivity contribution < 1.29 is 9.53 Å². The number of piperazine rings is 1. The number of pyridine rings is 1. The number of aromatic nitrogens is 1. The van der Waals surface area contributed by atoms with Gasteiger partial charge in [0.05, 0.1) is 18.2 Å². The second kappa shape index (κ2) is 7.80. The summed E-state index contributed by atoms with van der Waals surface area (Å²) in [6, 6.07) is 17.4. The van der Waals surface area contributed by atoms with E-state index in [4.69, 9.17) is 9.72 Å². The molecular weight excluding hydrogens is 364 g/mol. The van der Waals surface area contributed by atoms with Gasteiger partial charge in [-0.05, 0) is 42.8 Å². The molecule has 2 aromatic carbocycles. The number of anilines is 1. The zero-order chi connectivity index (χ0) is 20.4. The Labute approximate surface area is 169 Å². The van der Waals surface area contributed by atoms with E-state index in [0.29, 0.717) is 37.6 Å². The Hall–Kier alpha value is -3.59. The summed E-state index contributed by atoms with van der Waals surface area (Å²) in [5, 5.41) is 10.5. The number of rotatable bonds is 3. The van der Waals surface area contributed by atoms with Crippen LogP contribution >= 0.6 is 0 Å². The number of aryl methyl sites for hydroxylation is 1. The highest BCUT2D eigenvalue weighted by Crippen LogP contribution is 2.27. The van der Waals surface area contributed by atoms with Gasteiger partial charge in [-0.25, -0.2) is 4.98 Å². The molecule has 1 aromatic heterocycles. The van der Waals surface area contributed by atoms with Crippen LogP contribution in [0.4, 0.5) is 5.82 Å². The quantitative estimate of drug-likeness (QED) is 0.690. The fraction of sp³-hybridized carbons (Fsp3) is 0.261. The molecule has 0 radical (unpaired) electrons. The number of amides is 1. The first kappa shape index (κ1) is 18.8. The second-order valence-corrected chi connectivity index (χ2v) is 7.12. The van der Waals surface area contributed by atoms with Gasteiger partial charge in [0.1, 0.15) is 17.6 Å². The van der Waals surface area contributed by atoms with E-state index in [0.717, 1.165) is 27.8 Å². The Morgan fingerprint density at radius 2 is 1.86 bits per heavy atom. The lowest BCUT2D eigenvalue weighted by molar-refractivity contribution is 0.0746. The van der Waals surface area contributed by atoms with Gasteiger partial charge in [-0.3, -0.25) is 4.79 Å². The maximum Gasteiger partial charge on any atom is 0.254 e. The predicted octanol–water partition coefficient (Wildman–Crippen LogP) is 3.39. The highest BCUT2D eigenvalue weighted by molar-refractivity contribution is 5.95. The van der Waals surface area contributed by atoms with E-state index in [1.807, 2.05) is 60.4 Å². The molecule has 0 spiro atoms. The van der Waals surface area contributed by atoms with Crippen molar-refractivity contribution in [2.75, 3.05) is 38.2 Å². The van der Waals surface area contributed by atoms with Gasteiger partial charge in [-0.1, -0.05) is 18.2 Å². The highest BCUT2D eigenvalue weighted by atomic mass is 16.5. The number of nitriles is 1. The van der Waals surface area contributed by atoms with Crippen molar-refractivity contribution in [1.82, 2.24) is 9.88 Å². The second-order valence-electron chi connectivity index (χ2n) is 7.12. The van der Waals surface area contributed by atoms with Gasteiger partial charge in [0.2, 0.25) is 0 Å². The van der Waals surface area contributed by atoms with Gasteiger partial charge in [-0.2, -0.15) is 5.26 Å². The van der Waals surface area contributed by atoms with Crippen molar-refractivity contribution in [1.29, 1.82) is 5.26 Å². The van der Waals surface area contributed by atoms with Crippen LogP contribution in [0.5, 0.6) is 5.75 Å². The molecule has 6 nitrogen and oxygen atoms in total. The summed E-state index contributed by atoms with van der Waals surface area (Å²) in [6.07, 6.45) is 0. The largest absolute Gasteiger partial charge is 0.497 e. The molecule has 2 heterocycles.